The largest absolute Gasteiger partial charge is 0.308 e. The first kappa shape index (κ1) is 11.7. The van der Waals surface area contributed by atoms with Gasteiger partial charge in [-0.05, 0) is 49.4 Å². The summed E-state index contributed by atoms with van der Waals surface area (Å²) in [4.78, 5) is 4.35. The third kappa shape index (κ3) is 2.68. The van der Waals surface area contributed by atoms with Gasteiger partial charge in [0.15, 0.2) is 0 Å². The number of hydrogen-bond acceptors (Lipinski definition) is 2. The zero-order chi connectivity index (χ0) is 12.3. The Balaban J connectivity index is 2.36. The monoisotopic (exact) mass is 230 g/mol. The number of aromatic nitrogens is 1. The second-order valence-corrected chi connectivity index (χ2v) is 4.03. The van der Waals surface area contributed by atoms with Gasteiger partial charge in [0.25, 0.3) is 0 Å². The predicted molar refractivity (Wildman–Crippen MR) is 66.3 cm³/mol. The lowest BCUT2D eigenvalue weighted by atomic mass is 10.0. The van der Waals surface area contributed by atoms with E-state index >= 15 is 0 Å². The molecule has 3 heteroatoms. The molecule has 17 heavy (non-hydrogen) atoms. The number of hydrogen-bond donors (Lipinski definition) is 1. The van der Waals surface area contributed by atoms with E-state index in [2.05, 4.69) is 10.3 Å². The van der Waals surface area contributed by atoms with Crippen LogP contribution in [0, 0.1) is 12.7 Å². The highest BCUT2D eigenvalue weighted by atomic mass is 19.1. The average molecular weight is 230 g/mol. The molecular formula is C14H15FN2. The van der Waals surface area contributed by atoms with Crippen LogP contribution in [-0.4, -0.2) is 12.0 Å². The Kier molecular flexibility index (Phi) is 3.49. The Labute approximate surface area is 101 Å². The van der Waals surface area contributed by atoms with Crippen molar-refractivity contribution in [3.63, 3.8) is 0 Å². The van der Waals surface area contributed by atoms with Crippen molar-refractivity contribution in [1.29, 1.82) is 0 Å². The third-order valence-electron chi connectivity index (χ3n) is 2.72. The Morgan fingerprint density at radius 1 is 1.18 bits per heavy atom. The van der Waals surface area contributed by atoms with Crippen LogP contribution in [0.25, 0.3) is 0 Å². The summed E-state index contributed by atoms with van der Waals surface area (Å²) >= 11 is 0. The standard InChI is InChI=1S/C14H15FN2/c1-10-7-8-17-13(9-10)14(16-2)11-3-5-12(15)6-4-11/h3-9,14,16H,1-2H3. The van der Waals surface area contributed by atoms with Crippen molar-refractivity contribution < 1.29 is 4.39 Å². The van der Waals surface area contributed by atoms with Crippen molar-refractivity contribution in [3.8, 4) is 0 Å². The van der Waals surface area contributed by atoms with Gasteiger partial charge in [0, 0.05) is 6.20 Å². The molecule has 1 unspecified atom stereocenters. The lowest BCUT2D eigenvalue weighted by Gasteiger charge is -2.16. The first-order valence-electron chi connectivity index (χ1n) is 5.56. The summed E-state index contributed by atoms with van der Waals surface area (Å²) in [6.07, 6.45) is 1.79. The molecule has 0 amide bonds. The molecule has 1 aromatic heterocycles. The second-order valence-electron chi connectivity index (χ2n) is 4.03. The number of nitrogens with one attached hydrogen (secondary N) is 1. The minimum absolute atomic E-state index is 0.00417. The highest BCUT2D eigenvalue weighted by Gasteiger charge is 2.13. The van der Waals surface area contributed by atoms with Gasteiger partial charge >= 0.3 is 0 Å². The van der Waals surface area contributed by atoms with E-state index in [0.717, 1.165) is 16.8 Å². The molecule has 88 valence electrons. The molecule has 1 heterocycles. The molecule has 1 atom stereocenters. The summed E-state index contributed by atoms with van der Waals surface area (Å²) in [6, 6.07) is 10.5. The SMILES string of the molecule is CNC(c1ccc(F)cc1)c1cc(C)ccn1. The second kappa shape index (κ2) is 5.06. The number of rotatable bonds is 3. The molecule has 0 radical (unpaired) electrons. The molecule has 2 nitrogen and oxygen atoms in total. The van der Waals surface area contributed by atoms with Crippen LogP contribution < -0.4 is 5.32 Å². The van der Waals surface area contributed by atoms with Crippen LogP contribution >= 0.6 is 0 Å². The zero-order valence-electron chi connectivity index (χ0n) is 9.94. The number of nitrogens with zero attached hydrogens (tertiary/aromatic N) is 1. The van der Waals surface area contributed by atoms with Gasteiger partial charge in [0.05, 0.1) is 11.7 Å². The van der Waals surface area contributed by atoms with E-state index < -0.39 is 0 Å². The third-order valence-corrected chi connectivity index (χ3v) is 2.72. The summed E-state index contributed by atoms with van der Waals surface area (Å²) < 4.78 is 12.9. The number of benzene rings is 1. The van der Waals surface area contributed by atoms with E-state index in [0.29, 0.717) is 0 Å². The van der Waals surface area contributed by atoms with Crippen molar-refractivity contribution in [1.82, 2.24) is 10.3 Å². The molecule has 0 aliphatic heterocycles. The van der Waals surface area contributed by atoms with E-state index in [1.165, 1.54) is 12.1 Å². The minimum Gasteiger partial charge on any atom is -0.308 e. The maximum Gasteiger partial charge on any atom is 0.123 e. The van der Waals surface area contributed by atoms with Crippen molar-refractivity contribution in [3.05, 3.63) is 65.2 Å². The van der Waals surface area contributed by atoms with Gasteiger partial charge < -0.3 is 5.32 Å². The predicted octanol–water partition coefficient (Wildman–Crippen LogP) is 2.84. The highest BCUT2D eigenvalue weighted by molar-refractivity contribution is 5.29. The normalized spacial score (nSPS) is 12.4. The minimum atomic E-state index is -0.221. The Hall–Kier alpha value is -1.74. The van der Waals surface area contributed by atoms with Crippen LogP contribution in [0.3, 0.4) is 0 Å². The van der Waals surface area contributed by atoms with E-state index in [1.807, 2.05) is 26.1 Å². The fourth-order valence-electron chi connectivity index (χ4n) is 1.86. The molecule has 0 bridgehead atoms. The van der Waals surface area contributed by atoms with Crippen LogP contribution in [0.15, 0.2) is 42.6 Å². The van der Waals surface area contributed by atoms with Gasteiger partial charge in [-0.25, -0.2) is 4.39 Å². The molecule has 0 spiro atoms. The van der Waals surface area contributed by atoms with Gasteiger partial charge in [0.2, 0.25) is 0 Å². The van der Waals surface area contributed by atoms with E-state index in [9.17, 15) is 4.39 Å². The van der Waals surface area contributed by atoms with Crippen LogP contribution in [-0.2, 0) is 0 Å². The average Bonchev–Trinajstić information content (AvgIpc) is 2.33. The first-order chi connectivity index (χ1) is 8.20. The number of pyridine rings is 1. The molecule has 2 rings (SSSR count). The van der Waals surface area contributed by atoms with Crippen molar-refractivity contribution in [2.24, 2.45) is 0 Å². The van der Waals surface area contributed by atoms with Crippen LogP contribution in [0.2, 0.25) is 0 Å². The molecule has 1 aromatic carbocycles. The van der Waals surface area contributed by atoms with Gasteiger partial charge in [-0.3, -0.25) is 4.98 Å². The summed E-state index contributed by atoms with van der Waals surface area (Å²) in [5.41, 5.74) is 3.11. The van der Waals surface area contributed by atoms with E-state index in [4.69, 9.17) is 0 Å². The Bertz CT molecular complexity index is 494. The van der Waals surface area contributed by atoms with Crippen LogP contribution in [0.4, 0.5) is 4.39 Å². The molecule has 0 aliphatic rings. The molecule has 2 aromatic rings. The summed E-state index contributed by atoms with van der Waals surface area (Å²) in [6.45, 7) is 2.03. The fourth-order valence-corrected chi connectivity index (χ4v) is 1.86. The van der Waals surface area contributed by atoms with Crippen LogP contribution in [0.5, 0.6) is 0 Å². The smallest absolute Gasteiger partial charge is 0.123 e. The molecular weight excluding hydrogens is 215 g/mol. The van der Waals surface area contributed by atoms with Crippen molar-refractivity contribution in [2.75, 3.05) is 7.05 Å². The maximum atomic E-state index is 12.9. The highest BCUT2D eigenvalue weighted by Crippen LogP contribution is 2.20. The van der Waals surface area contributed by atoms with Gasteiger partial charge in [0.1, 0.15) is 5.82 Å². The summed E-state index contributed by atoms with van der Waals surface area (Å²) in [5.74, 6) is -0.221. The van der Waals surface area contributed by atoms with Crippen molar-refractivity contribution >= 4 is 0 Å². The summed E-state index contributed by atoms with van der Waals surface area (Å²) in [7, 11) is 1.87. The van der Waals surface area contributed by atoms with E-state index in [-0.39, 0.29) is 11.9 Å². The fraction of sp³-hybridized carbons (Fsp3) is 0.214. The van der Waals surface area contributed by atoms with Gasteiger partial charge in [-0.15, -0.1) is 0 Å². The molecule has 0 saturated carbocycles. The maximum absolute atomic E-state index is 12.9. The first-order valence-corrected chi connectivity index (χ1v) is 5.56. The number of aryl methyl sites for hydroxylation is 1. The quantitative estimate of drug-likeness (QED) is 0.877. The van der Waals surface area contributed by atoms with Gasteiger partial charge in [-0.1, -0.05) is 12.1 Å². The Morgan fingerprint density at radius 2 is 1.88 bits per heavy atom. The Morgan fingerprint density at radius 3 is 2.47 bits per heavy atom. The molecule has 1 N–H and O–H groups in total. The van der Waals surface area contributed by atoms with Gasteiger partial charge in [-0.2, -0.15) is 0 Å². The number of halogens is 1. The topological polar surface area (TPSA) is 24.9 Å². The van der Waals surface area contributed by atoms with Crippen molar-refractivity contribution in [2.45, 2.75) is 13.0 Å². The molecule has 0 aliphatic carbocycles. The van der Waals surface area contributed by atoms with E-state index in [1.54, 1.807) is 18.3 Å². The molecule has 0 saturated heterocycles. The van der Waals surface area contributed by atoms with Crippen LogP contribution in [0.1, 0.15) is 22.9 Å². The molecule has 0 fully saturated rings. The lowest BCUT2D eigenvalue weighted by Crippen LogP contribution is -2.18. The summed E-state index contributed by atoms with van der Waals surface area (Å²) in [5, 5.41) is 3.20. The lowest BCUT2D eigenvalue weighted by molar-refractivity contribution is 0.622. The zero-order valence-corrected chi connectivity index (χ0v) is 9.94.